The van der Waals surface area contributed by atoms with Crippen LogP contribution in [0.2, 0.25) is 0 Å². The predicted octanol–water partition coefficient (Wildman–Crippen LogP) is 2.80. The third-order valence-corrected chi connectivity index (χ3v) is 6.01. The van der Waals surface area contributed by atoms with Gasteiger partial charge in [-0.25, -0.2) is 8.42 Å². The van der Waals surface area contributed by atoms with Crippen molar-refractivity contribution in [3.63, 3.8) is 0 Å². The van der Waals surface area contributed by atoms with Crippen LogP contribution in [0.3, 0.4) is 0 Å². The zero-order chi connectivity index (χ0) is 16.0. The van der Waals surface area contributed by atoms with Crippen molar-refractivity contribution in [3.8, 4) is 11.5 Å². The lowest BCUT2D eigenvalue weighted by Gasteiger charge is -2.33. The molecule has 23 heavy (non-hydrogen) atoms. The molecule has 0 aliphatic carbocycles. The van der Waals surface area contributed by atoms with Crippen molar-refractivity contribution in [2.24, 2.45) is 5.92 Å². The minimum Gasteiger partial charge on any atom is -0.454 e. The first-order valence-corrected chi connectivity index (χ1v) is 9.00. The van der Waals surface area contributed by atoms with E-state index in [-0.39, 0.29) is 17.6 Å². The summed E-state index contributed by atoms with van der Waals surface area (Å²) >= 11 is 0. The molecule has 1 atom stereocenters. The minimum absolute atomic E-state index is 0.127. The van der Waals surface area contributed by atoms with Crippen LogP contribution >= 0.6 is 0 Å². The molecule has 4 rings (SSSR count). The number of ether oxygens (including phenoxy) is 2. The number of sulfonamides is 1. The molecule has 0 bridgehead atoms. The highest BCUT2D eigenvalue weighted by atomic mass is 32.2. The van der Waals surface area contributed by atoms with E-state index in [9.17, 15) is 8.42 Å². The van der Waals surface area contributed by atoms with Gasteiger partial charge in [0.1, 0.15) is 0 Å². The number of fused-ring (bicyclic) bond motifs is 2. The van der Waals surface area contributed by atoms with Gasteiger partial charge in [-0.2, -0.15) is 0 Å². The van der Waals surface area contributed by atoms with Crippen LogP contribution in [-0.4, -0.2) is 21.8 Å². The van der Waals surface area contributed by atoms with Gasteiger partial charge < -0.3 is 9.47 Å². The summed E-state index contributed by atoms with van der Waals surface area (Å²) in [6, 6.07) is 12.4. The molecule has 0 saturated carbocycles. The van der Waals surface area contributed by atoms with Gasteiger partial charge in [-0.3, -0.25) is 4.31 Å². The average Bonchev–Trinajstić information content (AvgIpc) is 3.01. The molecule has 2 aliphatic heterocycles. The molecule has 0 spiro atoms. The summed E-state index contributed by atoms with van der Waals surface area (Å²) in [6.45, 7) is 2.67. The fourth-order valence-electron chi connectivity index (χ4n) is 3.14. The standard InChI is InChI=1S/C17H17NO4S/c1-12-8-13-4-2-3-5-15(13)18(10-12)23(19,20)14-6-7-16-17(9-14)22-11-21-16/h2-7,9,12H,8,10-11H2,1H3. The van der Waals surface area contributed by atoms with Crippen LogP contribution in [0.4, 0.5) is 5.69 Å². The Bertz CT molecular complexity index is 863. The first-order chi connectivity index (χ1) is 11.1. The minimum atomic E-state index is -3.63. The molecule has 0 aromatic heterocycles. The van der Waals surface area contributed by atoms with Gasteiger partial charge in [0.25, 0.3) is 10.0 Å². The molecule has 1 unspecified atom stereocenters. The zero-order valence-corrected chi connectivity index (χ0v) is 13.5. The van der Waals surface area contributed by atoms with Crippen LogP contribution in [0.1, 0.15) is 12.5 Å². The molecule has 0 N–H and O–H groups in total. The Balaban J connectivity index is 1.80. The van der Waals surface area contributed by atoms with E-state index in [0.29, 0.717) is 18.0 Å². The van der Waals surface area contributed by atoms with Crippen LogP contribution in [0, 0.1) is 5.92 Å². The zero-order valence-electron chi connectivity index (χ0n) is 12.7. The Hall–Kier alpha value is -2.21. The normalized spacial score (nSPS) is 19.5. The van der Waals surface area contributed by atoms with Gasteiger partial charge in [0.15, 0.2) is 11.5 Å². The Morgan fingerprint density at radius 1 is 1.09 bits per heavy atom. The molecule has 0 fully saturated rings. The molecule has 0 amide bonds. The maximum Gasteiger partial charge on any atom is 0.264 e. The first kappa shape index (κ1) is 14.4. The molecule has 0 saturated heterocycles. The van der Waals surface area contributed by atoms with E-state index in [4.69, 9.17) is 9.47 Å². The molecular formula is C17H17NO4S. The van der Waals surface area contributed by atoms with E-state index in [0.717, 1.165) is 17.7 Å². The van der Waals surface area contributed by atoms with E-state index in [1.807, 2.05) is 24.3 Å². The monoisotopic (exact) mass is 331 g/mol. The summed E-state index contributed by atoms with van der Waals surface area (Å²) in [6.07, 6.45) is 0.892. The number of hydrogen-bond acceptors (Lipinski definition) is 4. The number of para-hydroxylation sites is 1. The third kappa shape index (κ3) is 2.34. The number of anilines is 1. The van der Waals surface area contributed by atoms with Gasteiger partial charge in [0.05, 0.1) is 10.6 Å². The highest BCUT2D eigenvalue weighted by Crippen LogP contribution is 2.38. The average molecular weight is 331 g/mol. The van der Waals surface area contributed by atoms with Crippen molar-refractivity contribution in [3.05, 3.63) is 48.0 Å². The van der Waals surface area contributed by atoms with Gasteiger partial charge in [0, 0.05) is 12.6 Å². The quantitative estimate of drug-likeness (QED) is 0.849. The van der Waals surface area contributed by atoms with Crippen molar-refractivity contribution in [1.29, 1.82) is 0 Å². The molecule has 5 nitrogen and oxygen atoms in total. The largest absolute Gasteiger partial charge is 0.454 e. The number of rotatable bonds is 2. The second-order valence-corrected chi connectivity index (χ2v) is 7.85. The maximum atomic E-state index is 13.1. The summed E-state index contributed by atoms with van der Waals surface area (Å²) in [7, 11) is -3.63. The summed E-state index contributed by atoms with van der Waals surface area (Å²) in [5.74, 6) is 1.33. The Morgan fingerprint density at radius 3 is 2.74 bits per heavy atom. The first-order valence-electron chi connectivity index (χ1n) is 7.56. The Morgan fingerprint density at radius 2 is 1.87 bits per heavy atom. The topological polar surface area (TPSA) is 55.8 Å². The fourth-order valence-corrected chi connectivity index (χ4v) is 4.78. The predicted molar refractivity (Wildman–Crippen MR) is 86.4 cm³/mol. The summed E-state index contributed by atoms with van der Waals surface area (Å²) < 4.78 is 38.3. The third-order valence-electron chi connectivity index (χ3n) is 4.24. The van der Waals surface area contributed by atoms with E-state index in [1.54, 1.807) is 18.2 Å². The fraction of sp³-hybridized carbons (Fsp3) is 0.294. The lowest BCUT2D eigenvalue weighted by molar-refractivity contribution is 0.174. The molecule has 2 aliphatic rings. The van der Waals surface area contributed by atoms with Crippen LogP contribution in [0.25, 0.3) is 0 Å². The van der Waals surface area contributed by atoms with E-state index in [1.165, 1.54) is 4.31 Å². The highest BCUT2D eigenvalue weighted by Gasteiger charge is 2.32. The van der Waals surface area contributed by atoms with E-state index >= 15 is 0 Å². The van der Waals surface area contributed by atoms with Gasteiger partial charge in [0.2, 0.25) is 6.79 Å². The number of hydrogen-bond donors (Lipinski definition) is 0. The maximum absolute atomic E-state index is 13.1. The van der Waals surface area contributed by atoms with Crippen LogP contribution < -0.4 is 13.8 Å². The summed E-state index contributed by atoms with van der Waals surface area (Å²) in [5.41, 5.74) is 1.83. The molecule has 2 aromatic carbocycles. The summed E-state index contributed by atoms with van der Waals surface area (Å²) in [5, 5.41) is 0. The number of benzene rings is 2. The van der Waals surface area contributed by atoms with Crippen LogP contribution in [0.15, 0.2) is 47.4 Å². The second-order valence-electron chi connectivity index (χ2n) is 5.99. The highest BCUT2D eigenvalue weighted by molar-refractivity contribution is 7.92. The van der Waals surface area contributed by atoms with Gasteiger partial charge >= 0.3 is 0 Å². The van der Waals surface area contributed by atoms with Crippen LogP contribution in [-0.2, 0) is 16.4 Å². The number of nitrogens with zero attached hydrogens (tertiary/aromatic N) is 1. The van der Waals surface area contributed by atoms with Gasteiger partial charge in [-0.15, -0.1) is 0 Å². The Labute approximate surface area is 135 Å². The van der Waals surface area contributed by atoms with E-state index < -0.39 is 10.0 Å². The molecule has 120 valence electrons. The van der Waals surface area contributed by atoms with Crippen molar-refractivity contribution in [1.82, 2.24) is 0 Å². The van der Waals surface area contributed by atoms with Crippen molar-refractivity contribution in [2.75, 3.05) is 17.6 Å². The molecular weight excluding hydrogens is 314 g/mol. The van der Waals surface area contributed by atoms with Crippen molar-refractivity contribution >= 4 is 15.7 Å². The van der Waals surface area contributed by atoms with Crippen molar-refractivity contribution in [2.45, 2.75) is 18.2 Å². The van der Waals surface area contributed by atoms with Crippen molar-refractivity contribution < 1.29 is 17.9 Å². The smallest absolute Gasteiger partial charge is 0.264 e. The molecule has 2 aromatic rings. The Kier molecular flexibility index (Phi) is 3.23. The van der Waals surface area contributed by atoms with Gasteiger partial charge in [-0.1, -0.05) is 25.1 Å². The lowest BCUT2D eigenvalue weighted by atomic mass is 9.96. The summed E-state index contributed by atoms with van der Waals surface area (Å²) in [4.78, 5) is 0.227. The van der Waals surface area contributed by atoms with Gasteiger partial charge in [-0.05, 0) is 36.1 Å². The molecule has 6 heteroatoms. The SMILES string of the molecule is CC1Cc2ccccc2N(S(=O)(=O)c2ccc3c(c2)OCO3)C1. The lowest BCUT2D eigenvalue weighted by Crippen LogP contribution is -2.39. The second kappa shape index (κ2) is 5.16. The molecule has 0 radical (unpaired) electrons. The van der Waals surface area contributed by atoms with E-state index in [2.05, 4.69) is 6.92 Å². The molecule has 2 heterocycles. The van der Waals surface area contributed by atoms with Crippen LogP contribution in [0.5, 0.6) is 11.5 Å².